The van der Waals surface area contributed by atoms with Gasteiger partial charge in [-0.3, -0.25) is 15.0 Å². The molecule has 4 fully saturated rings. The van der Waals surface area contributed by atoms with Crippen LogP contribution in [0.15, 0.2) is 30.3 Å². The highest BCUT2D eigenvalue weighted by atomic mass is 16.7. The van der Waals surface area contributed by atoms with Crippen LogP contribution in [0.1, 0.15) is 45.6 Å². The third kappa shape index (κ3) is 4.81. The van der Waals surface area contributed by atoms with Crippen molar-refractivity contribution in [3.63, 3.8) is 0 Å². The molecule has 5 rings (SSSR count). The second-order valence-electron chi connectivity index (χ2n) is 11.6. The Labute approximate surface area is 206 Å². The van der Waals surface area contributed by atoms with Crippen molar-refractivity contribution in [3.8, 4) is 0 Å². The van der Waals surface area contributed by atoms with Crippen LogP contribution < -0.4 is 21.6 Å². The molecule has 0 aromatic heterocycles. The molecular weight excluding hydrogens is 446 g/mol. The fourth-order valence-electron chi connectivity index (χ4n) is 6.41. The van der Waals surface area contributed by atoms with Gasteiger partial charge in [-0.2, -0.15) is 0 Å². The molecule has 3 saturated heterocycles. The van der Waals surface area contributed by atoms with Gasteiger partial charge in [-0.05, 0) is 57.4 Å². The van der Waals surface area contributed by atoms with Crippen molar-refractivity contribution in [2.24, 2.45) is 23.2 Å². The highest BCUT2D eigenvalue weighted by molar-refractivity contribution is 5.83. The lowest BCUT2D eigenvalue weighted by atomic mass is 9.68. The normalized spacial score (nSPS) is 32.8. The number of hydrogen-bond acceptors (Lipinski definition) is 7. The van der Waals surface area contributed by atoms with E-state index in [9.17, 15) is 14.4 Å². The predicted octanol–water partition coefficient (Wildman–Crippen LogP) is 0.910. The fourth-order valence-corrected chi connectivity index (χ4v) is 6.41. The van der Waals surface area contributed by atoms with Gasteiger partial charge in [0.15, 0.2) is 0 Å². The molecule has 2 amide bonds. The zero-order chi connectivity index (χ0) is 24.7. The standard InChI is InChI=1S/C26H37N5O4/c1-26(2,3)25(34)35-30-18(12-15-8-5-4-6-9-15)24(33)31-13-19-22-20(14-31)28-29-23(32)16-10-7-11-17(27-19)21(16)22/h4-6,8-9,16-22,27-28,30H,7,10-14H2,1-3H3,(H,29,32)/t16?,17?,18-,19?,20?,21?,22?/m0/s1. The van der Waals surface area contributed by atoms with Gasteiger partial charge < -0.3 is 15.1 Å². The summed E-state index contributed by atoms with van der Waals surface area (Å²) in [5, 5.41) is 3.77. The Morgan fingerprint density at radius 3 is 2.57 bits per heavy atom. The van der Waals surface area contributed by atoms with E-state index in [4.69, 9.17) is 4.84 Å². The first-order chi connectivity index (χ1) is 16.7. The molecule has 9 nitrogen and oxygen atoms in total. The van der Waals surface area contributed by atoms with Crippen LogP contribution in [0.5, 0.6) is 0 Å². The number of carbonyl (C=O) groups excluding carboxylic acids is 3. The molecule has 6 unspecified atom stereocenters. The van der Waals surface area contributed by atoms with Gasteiger partial charge in [-0.15, -0.1) is 5.48 Å². The average molecular weight is 484 g/mol. The maximum absolute atomic E-state index is 13.8. The van der Waals surface area contributed by atoms with Crippen molar-refractivity contribution in [3.05, 3.63) is 35.9 Å². The Morgan fingerprint density at radius 1 is 1.09 bits per heavy atom. The van der Waals surface area contributed by atoms with Crippen LogP contribution in [0.2, 0.25) is 0 Å². The van der Waals surface area contributed by atoms with Gasteiger partial charge in [-0.1, -0.05) is 36.8 Å². The number of benzene rings is 1. The van der Waals surface area contributed by atoms with Crippen molar-refractivity contribution in [1.82, 2.24) is 26.5 Å². The summed E-state index contributed by atoms with van der Waals surface area (Å²) >= 11 is 0. The summed E-state index contributed by atoms with van der Waals surface area (Å²) < 4.78 is 0. The second-order valence-corrected chi connectivity index (χ2v) is 11.6. The van der Waals surface area contributed by atoms with Gasteiger partial charge in [0.2, 0.25) is 11.8 Å². The number of hydrazine groups is 1. The Kier molecular flexibility index (Phi) is 6.59. The molecule has 0 spiro atoms. The Hall–Kier alpha value is -2.49. The van der Waals surface area contributed by atoms with E-state index >= 15 is 0 Å². The summed E-state index contributed by atoms with van der Waals surface area (Å²) in [6, 6.07) is 9.43. The van der Waals surface area contributed by atoms with Crippen molar-refractivity contribution < 1.29 is 19.2 Å². The van der Waals surface area contributed by atoms with Crippen LogP contribution in [0, 0.1) is 23.2 Å². The topological polar surface area (TPSA) is 112 Å². The number of hydroxylamine groups is 1. The largest absolute Gasteiger partial charge is 0.369 e. The Balaban J connectivity index is 1.34. The van der Waals surface area contributed by atoms with Gasteiger partial charge in [0.05, 0.1) is 5.41 Å². The van der Waals surface area contributed by atoms with Crippen molar-refractivity contribution in [2.75, 3.05) is 13.1 Å². The van der Waals surface area contributed by atoms with Gasteiger partial charge >= 0.3 is 5.97 Å². The lowest BCUT2D eigenvalue weighted by molar-refractivity contribution is -0.165. The first-order valence-electron chi connectivity index (χ1n) is 12.8. The van der Waals surface area contributed by atoms with Gasteiger partial charge in [0.25, 0.3) is 0 Å². The van der Waals surface area contributed by atoms with Crippen LogP contribution in [0.3, 0.4) is 0 Å². The third-order valence-electron chi connectivity index (χ3n) is 8.11. The minimum Gasteiger partial charge on any atom is -0.369 e. The number of likely N-dealkylation sites (tertiary alicyclic amines) is 1. The van der Waals surface area contributed by atoms with Crippen LogP contribution in [0.25, 0.3) is 0 Å². The molecule has 1 aromatic carbocycles. The summed E-state index contributed by atoms with van der Waals surface area (Å²) in [5.74, 6) is 0.180. The van der Waals surface area contributed by atoms with E-state index in [0.717, 1.165) is 24.8 Å². The summed E-state index contributed by atoms with van der Waals surface area (Å²) in [6.45, 7) is 6.41. The van der Waals surface area contributed by atoms with Gasteiger partial charge in [0.1, 0.15) is 6.04 Å². The molecule has 35 heavy (non-hydrogen) atoms. The average Bonchev–Trinajstić information content (AvgIpc) is 3.15. The molecule has 9 heteroatoms. The maximum atomic E-state index is 13.8. The second kappa shape index (κ2) is 9.52. The molecule has 190 valence electrons. The SMILES string of the molecule is CC(C)(C)C(=O)ON[C@@H](Cc1ccccc1)C(=O)N1CC2NNC(=O)C3CCCC4NC(C1)C2C43. The smallest absolute Gasteiger partial charge is 0.330 e. The molecule has 3 heterocycles. The van der Waals surface area contributed by atoms with E-state index in [1.807, 2.05) is 35.2 Å². The van der Waals surface area contributed by atoms with E-state index in [1.165, 1.54) is 0 Å². The number of piperidine rings is 1. The lowest BCUT2D eigenvalue weighted by Gasteiger charge is -2.43. The van der Waals surface area contributed by atoms with E-state index in [2.05, 4.69) is 21.6 Å². The molecule has 1 aromatic rings. The molecule has 1 saturated carbocycles. The van der Waals surface area contributed by atoms with Crippen molar-refractivity contribution in [1.29, 1.82) is 0 Å². The highest BCUT2D eigenvalue weighted by Crippen LogP contribution is 2.45. The summed E-state index contributed by atoms with van der Waals surface area (Å²) in [5.41, 5.74) is 9.27. The quantitative estimate of drug-likeness (QED) is 0.461. The lowest BCUT2D eigenvalue weighted by Crippen LogP contribution is -2.63. The molecule has 0 bridgehead atoms. The zero-order valence-electron chi connectivity index (χ0n) is 20.8. The molecule has 7 atom stereocenters. The number of rotatable bonds is 5. The minimum atomic E-state index is -0.711. The highest BCUT2D eigenvalue weighted by Gasteiger charge is 2.56. The molecule has 4 N–H and O–H groups in total. The first-order valence-corrected chi connectivity index (χ1v) is 12.8. The number of carbonyl (C=O) groups is 3. The molecule has 3 aliphatic heterocycles. The van der Waals surface area contributed by atoms with Gasteiger partial charge in [-0.25, -0.2) is 10.2 Å². The van der Waals surface area contributed by atoms with Crippen molar-refractivity contribution >= 4 is 17.8 Å². The molecule has 4 aliphatic rings. The number of amides is 2. The van der Waals surface area contributed by atoms with Crippen LogP contribution in [0.4, 0.5) is 0 Å². The predicted molar refractivity (Wildman–Crippen MR) is 129 cm³/mol. The molecular formula is C26H37N5O4. The monoisotopic (exact) mass is 483 g/mol. The Morgan fingerprint density at radius 2 is 1.83 bits per heavy atom. The minimum absolute atomic E-state index is 0.0262. The van der Waals surface area contributed by atoms with Crippen LogP contribution in [-0.2, 0) is 25.6 Å². The summed E-state index contributed by atoms with van der Waals surface area (Å²) in [6.07, 6.45) is 3.44. The fraction of sp³-hybridized carbons (Fsp3) is 0.654. The first kappa shape index (κ1) is 24.2. The van der Waals surface area contributed by atoms with Gasteiger partial charge in [0, 0.05) is 37.1 Å². The maximum Gasteiger partial charge on any atom is 0.330 e. The third-order valence-corrected chi connectivity index (χ3v) is 8.11. The zero-order valence-corrected chi connectivity index (χ0v) is 20.8. The van der Waals surface area contributed by atoms with E-state index < -0.39 is 17.4 Å². The number of nitrogens with zero attached hydrogens (tertiary/aromatic N) is 1. The van der Waals surface area contributed by atoms with E-state index in [0.29, 0.717) is 37.4 Å². The van der Waals surface area contributed by atoms with Crippen LogP contribution >= 0.6 is 0 Å². The van der Waals surface area contributed by atoms with Crippen LogP contribution in [-0.4, -0.2) is 59.9 Å². The number of nitrogens with one attached hydrogen (secondary N) is 4. The summed E-state index contributed by atoms with van der Waals surface area (Å²) in [4.78, 5) is 46.2. The molecule has 1 aliphatic carbocycles. The molecule has 0 radical (unpaired) electrons. The van der Waals surface area contributed by atoms with E-state index in [1.54, 1.807) is 20.8 Å². The summed E-state index contributed by atoms with van der Waals surface area (Å²) in [7, 11) is 0. The van der Waals surface area contributed by atoms with E-state index in [-0.39, 0.29) is 29.8 Å². The Bertz CT molecular complexity index is 964. The van der Waals surface area contributed by atoms with Crippen molar-refractivity contribution in [2.45, 2.75) is 70.6 Å². The number of hydrogen-bond donors (Lipinski definition) is 4.